The van der Waals surface area contributed by atoms with Crippen LogP contribution in [0.1, 0.15) is 5.56 Å². The zero-order valence-electron chi connectivity index (χ0n) is 15.4. The molecule has 5 nitrogen and oxygen atoms in total. The Labute approximate surface area is 189 Å². The molecule has 0 bridgehead atoms. The topological polar surface area (TPSA) is 76.1 Å². The average Bonchev–Trinajstić information content (AvgIpc) is 2.72. The zero-order chi connectivity index (χ0) is 21.4. The van der Waals surface area contributed by atoms with Crippen molar-refractivity contribution in [3.63, 3.8) is 0 Å². The molecule has 0 amide bonds. The van der Waals surface area contributed by atoms with E-state index in [1.165, 1.54) is 7.11 Å². The molecule has 0 aliphatic carbocycles. The lowest BCUT2D eigenvalue weighted by atomic mass is 9.99. The second-order valence-corrected chi connectivity index (χ2v) is 8.06. The van der Waals surface area contributed by atoms with Gasteiger partial charge in [-0.15, -0.1) is 0 Å². The van der Waals surface area contributed by atoms with Crippen LogP contribution in [0, 0.1) is 11.3 Å². The predicted octanol–water partition coefficient (Wildman–Crippen LogP) is 6.47. The van der Waals surface area contributed by atoms with Gasteiger partial charge in [0, 0.05) is 31.0 Å². The van der Waals surface area contributed by atoms with E-state index in [2.05, 4.69) is 27.0 Å². The number of aromatic nitrogens is 1. The third-order valence-electron chi connectivity index (χ3n) is 4.48. The Bertz CT molecular complexity index is 1410. The van der Waals surface area contributed by atoms with Crippen LogP contribution in [0.4, 0.5) is 0 Å². The van der Waals surface area contributed by atoms with Crippen molar-refractivity contribution in [2.45, 2.75) is 0 Å². The molecule has 4 aromatic rings. The van der Waals surface area contributed by atoms with Crippen molar-refractivity contribution in [1.29, 1.82) is 5.26 Å². The van der Waals surface area contributed by atoms with Gasteiger partial charge in [-0.3, -0.25) is 0 Å². The van der Waals surface area contributed by atoms with Gasteiger partial charge in [0.2, 0.25) is 5.88 Å². The molecular weight excluding hydrogens is 491 g/mol. The van der Waals surface area contributed by atoms with Crippen LogP contribution < -0.4 is 10.4 Å². The lowest BCUT2D eigenvalue weighted by Gasteiger charge is -2.12. The molecule has 0 aliphatic rings. The number of nitriles is 1. The first-order chi connectivity index (χ1) is 14.4. The highest BCUT2D eigenvalue weighted by Crippen LogP contribution is 2.37. The summed E-state index contributed by atoms with van der Waals surface area (Å²) in [6, 6.07) is 15.7. The zero-order valence-corrected chi connectivity index (χ0v) is 18.5. The second-order valence-electron chi connectivity index (χ2n) is 6.30. The van der Waals surface area contributed by atoms with Crippen molar-refractivity contribution in [3.8, 4) is 34.3 Å². The highest BCUT2D eigenvalue weighted by atomic mass is 79.9. The maximum absolute atomic E-state index is 12.7. The van der Waals surface area contributed by atoms with Gasteiger partial charge in [-0.25, -0.2) is 9.78 Å². The van der Waals surface area contributed by atoms with Crippen LogP contribution in [0.25, 0.3) is 33.4 Å². The van der Waals surface area contributed by atoms with Gasteiger partial charge < -0.3 is 9.15 Å². The Morgan fingerprint density at radius 1 is 1.07 bits per heavy atom. The molecule has 0 atom stereocenters. The van der Waals surface area contributed by atoms with Crippen LogP contribution in [-0.4, -0.2) is 12.1 Å². The molecule has 8 heteroatoms. The lowest BCUT2D eigenvalue weighted by Crippen LogP contribution is -2.06. The summed E-state index contributed by atoms with van der Waals surface area (Å²) >= 11 is 15.8. The fourth-order valence-corrected chi connectivity index (χ4v) is 4.00. The summed E-state index contributed by atoms with van der Waals surface area (Å²) in [6.45, 7) is 0. The van der Waals surface area contributed by atoms with Gasteiger partial charge in [0.1, 0.15) is 17.2 Å². The molecule has 4 rings (SSSR count). The highest BCUT2D eigenvalue weighted by Gasteiger charge is 2.20. The monoisotopic (exact) mass is 500 g/mol. The summed E-state index contributed by atoms with van der Waals surface area (Å²) in [5.41, 5.74) is 1.64. The number of fused-ring (bicyclic) bond motifs is 1. The van der Waals surface area contributed by atoms with Crippen LogP contribution in [0.5, 0.6) is 5.88 Å². The first-order valence-electron chi connectivity index (χ1n) is 8.59. The van der Waals surface area contributed by atoms with E-state index < -0.39 is 5.63 Å². The molecule has 0 saturated heterocycles. The minimum absolute atomic E-state index is 0.0738. The molecule has 0 N–H and O–H groups in total. The summed E-state index contributed by atoms with van der Waals surface area (Å²) in [5, 5.41) is 11.2. The minimum atomic E-state index is -0.558. The van der Waals surface area contributed by atoms with Gasteiger partial charge in [-0.1, -0.05) is 45.2 Å². The SMILES string of the molecule is COc1nc(-c2cc3cc(Br)ccc3oc2=O)cc(-c2ccc(Cl)cc2Cl)c1C#N. The van der Waals surface area contributed by atoms with Crippen LogP contribution in [0.2, 0.25) is 10.0 Å². The maximum Gasteiger partial charge on any atom is 0.345 e. The molecule has 0 unspecified atom stereocenters. The minimum Gasteiger partial charge on any atom is -0.480 e. The van der Waals surface area contributed by atoms with Crippen LogP contribution in [0.3, 0.4) is 0 Å². The number of rotatable bonds is 3. The second kappa shape index (κ2) is 8.11. The first kappa shape index (κ1) is 20.4. The van der Waals surface area contributed by atoms with Gasteiger partial charge in [0.15, 0.2) is 0 Å². The van der Waals surface area contributed by atoms with Gasteiger partial charge in [-0.05, 0) is 42.5 Å². The number of hydrogen-bond donors (Lipinski definition) is 0. The fraction of sp³-hybridized carbons (Fsp3) is 0.0455. The van der Waals surface area contributed by atoms with Crippen molar-refractivity contribution >= 4 is 50.1 Å². The van der Waals surface area contributed by atoms with Crippen molar-refractivity contribution in [1.82, 2.24) is 4.98 Å². The van der Waals surface area contributed by atoms with Gasteiger partial charge >= 0.3 is 5.63 Å². The number of benzene rings is 2. The molecule has 2 aromatic carbocycles. The standard InChI is InChI=1S/C22H11BrCl2N2O3/c1-29-21-17(10-26)15(14-4-3-13(24)8-18(14)25)9-19(27-21)16-7-11-6-12(23)2-5-20(11)30-22(16)28/h2-9H,1H3. The number of nitrogens with zero attached hydrogens (tertiary/aromatic N) is 2. The lowest BCUT2D eigenvalue weighted by molar-refractivity contribution is 0.397. The molecule has 30 heavy (non-hydrogen) atoms. The molecule has 0 saturated carbocycles. The average molecular weight is 502 g/mol. The number of hydrogen-bond acceptors (Lipinski definition) is 5. The summed E-state index contributed by atoms with van der Waals surface area (Å²) in [6.07, 6.45) is 0. The van der Waals surface area contributed by atoms with Gasteiger partial charge in [-0.2, -0.15) is 5.26 Å². The normalized spacial score (nSPS) is 10.8. The number of methoxy groups -OCH3 is 1. The van der Waals surface area contributed by atoms with E-state index >= 15 is 0 Å². The van der Waals surface area contributed by atoms with Crippen molar-refractivity contribution in [2.75, 3.05) is 7.11 Å². The smallest absolute Gasteiger partial charge is 0.345 e. The fourth-order valence-electron chi connectivity index (χ4n) is 3.11. The van der Waals surface area contributed by atoms with E-state index in [4.69, 9.17) is 32.4 Å². The van der Waals surface area contributed by atoms with Crippen LogP contribution in [-0.2, 0) is 0 Å². The van der Waals surface area contributed by atoms with Crippen molar-refractivity contribution in [3.05, 3.63) is 79.0 Å². The van der Waals surface area contributed by atoms with Crippen molar-refractivity contribution < 1.29 is 9.15 Å². The highest BCUT2D eigenvalue weighted by molar-refractivity contribution is 9.10. The Morgan fingerprint density at radius 2 is 1.87 bits per heavy atom. The molecule has 0 aliphatic heterocycles. The van der Waals surface area contributed by atoms with E-state index in [-0.39, 0.29) is 17.0 Å². The largest absolute Gasteiger partial charge is 0.480 e. The summed E-state index contributed by atoms with van der Waals surface area (Å²) in [7, 11) is 1.40. The van der Waals surface area contributed by atoms with E-state index in [1.807, 2.05) is 6.07 Å². The molecule has 0 spiro atoms. The number of halogens is 3. The van der Waals surface area contributed by atoms with E-state index in [0.29, 0.717) is 32.4 Å². The van der Waals surface area contributed by atoms with Crippen LogP contribution >= 0.6 is 39.1 Å². The van der Waals surface area contributed by atoms with E-state index in [9.17, 15) is 10.1 Å². The third-order valence-corrected chi connectivity index (χ3v) is 5.52. The Balaban J connectivity index is 2.02. The Morgan fingerprint density at radius 3 is 2.57 bits per heavy atom. The van der Waals surface area contributed by atoms with E-state index in [0.717, 1.165) is 9.86 Å². The summed E-state index contributed by atoms with van der Waals surface area (Å²) < 4.78 is 11.6. The number of pyridine rings is 1. The predicted molar refractivity (Wildman–Crippen MR) is 120 cm³/mol. The summed E-state index contributed by atoms with van der Waals surface area (Å²) in [4.78, 5) is 17.0. The number of ether oxygens (including phenoxy) is 1. The summed E-state index contributed by atoms with van der Waals surface area (Å²) in [5.74, 6) is 0.0738. The molecule has 148 valence electrons. The molecule has 0 fully saturated rings. The van der Waals surface area contributed by atoms with E-state index in [1.54, 1.807) is 42.5 Å². The Kier molecular flexibility index (Phi) is 5.52. The first-order valence-corrected chi connectivity index (χ1v) is 10.1. The molecule has 2 aromatic heterocycles. The van der Waals surface area contributed by atoms with Gasteiger partial charge in [0.05, 0.1) is 18.4 Å². The van der Waals surface area contributed by atoms with Gasteiger partial charge in [0.25, 0.3) is 0 Å². The molecular formula is C22H11BrCl2N2O3. The third kappa shape index (κ3) is 3.68. The van der Waals surface area contributed by atoms with Crippen LogP contribution in [0.15, 0.2) is 62.2 Å². The molecule has 0 radical (unpaired) electrons. The molecule has 2 heterocycles. The van der Waals surface area contributed by atoms with Crippen molar-refractivity contribution in [2.24, 2.45) is 0 Å². The maximum atomic E-state index is 12.7. The Hall–Kier alpha value is -2.85. The quantitative estimate of drug-likeness (QED) is 0.300.